The molecule has 2 aromatic carbocycles. The molecule has 1 aromatic heterocycles. The van der Waals surface area contributed by atoms with Gasteiger partial charge in [-0.15, -0.1) is 0 Å². The lowest BCUT2D eigenvalue weighted by Gasteiger charge is -2.06. The molecule has 0 amide bonds. The van der Waals surface area contributed by atoms with Crippen molar-refractivity contribution in [1.82, 2.24) is 4.98 Å². The first kappa shape index (κ1) is 11.8. The normalized spacial score (nSPS) is 11.6. The monoisotopic (exact) mass is 273 g/mol. The summed E-state index contributed by atoms with van der Waals surface area (Å²) in [7, 11) is -3.78. The zero-order valence-corrected chi connectivity index (χ0v) is 10.7. The Hall–Kier alpha value is -2.27. The molecule has 0 unspecified atom stereocenters. The third kappa shape index (κ3) is 2.32. The predicted molar refractivity (Wildman–Crippen MR) is 72.6 cm³/mol. The highest BCUT2D eigenvalue weighted by Crippen LogP contribution is 2.23. The number of benzene rings is 2. The maximum atomic E-state index is 12.0. The molecule has 1 N–H and O–H groups in total. The van der Waals surface area contributed by atoms with Gasteiger partial charge in [-0.2, -0.15) is 8.42 Å². The van der Waals surface area contributed by atoms with E-state index in [0.717, 1.165) is 10.9 Å². The Balaban J connectivity index is 1.96. The fourth-order valence-electron chi connectivity index (χ4n) is 1.84. The molecule has 0 aliphatic rings. The Morgan fingerprint density at radius 1 is 0.947 bits per heavy atom. The van der Waals surface area contributed by atoms with Crippen LogP contribution in [0.3, 0.4) is 0 Å². The molecule has 0 aliphatic heterocycles. The fraction of sp³-hybridized carbons (Fsp3) is 0. The molecule has 0 radical (unpaired) electrons. The third-order valence-corrected chi connectivity index (χ3v) is 4.03. The highest BCUT2D eigenvalue weighted by atomic mass is 32.2. The molecule has 0 spiro atoms. The SMILES string of the molecule is O=S(=O)(Oc1ccc2cc[nH]c2c1)c1ccccc1. The molecular weight excluding hydrogens is 262 g/mol. The van der Waals surface area contributed by atoms with E-state index < -0.39 is 10.1 Å². The number of hydrogen-bond donors (Lipinski definition) is 1. The smallest absolute Gasteiger partial charge is 0.339 e. The second-order valence-electron chi connectivity index (χ2n) is 4.08. The molecule has 0 atom stereocenters. The first-order chi connectivity index (χ1) is 9.15. The van der Waals surface area contributed by atoms with Crippen LogP contribution in [-0.4, -0.2) is 13.4 Å². The summed E-state index contributed by atoms with van der Waals surface area (Å²) in [5.74, 6) is 0.291. The summed E-state index contributed by atoms with van der Waals surface area (Å²) in [5.41, 5.74) is 0.834. The van der Waals surface area contributed by atoms with Crippen LogP contribution in [0.15, 0.2) is 65.7 Å². The number of aromatic nitrogens is 1. The van der Waals surface area contributed by atoms with Crippen LogP contribution in [0.25, 0.3) is 10.9 Å². The minimum atomic E-state index is -3.78. The Bertz CT molecular complexity index is 807. The molecule has 0 saturated carbocycles. The third-order valence-electron chi connectivity index (χ3n) is 2.76. The van der Waals surface area contributed by atoms with Crippen molar-refractivity contribution in [2.75, 3.05) is 0 Å². The molecule has 19 heavy (non-hydrogen) atoms. The van der Waals surface area contributed by atoms with Gasteiger partial charge in [0.25, 0.3) is 0 Å². The number of aromatic amines is 1. The van der Waals surface area contributed by atoms with Gasteiger partial charge in [0.1, 0.15) is 10.6 Å². The van der Waals surface area contributed by atoms with E-state index in [1.807, 2.05) is 12.1 Å². The molecular formula is C14H11NO3S. The molecule has 0 fully saturated rings. The van der Waals surface area contributed by atoms with Crippen LogP contribution in [0.1, 0.15) is 0 Å². The van der Waals surface area contributed by atoms with Crippen LogP contribution in [0, 0.1) is 0 Å². The first-order valence-corrected chi connectivity index (χ1v) is 7.13. The molecule has 1 heterocycles. The van der Waals surface area contributed by atoms with Crippen LogP contribution in [-0.2, 0) is 10.1 Å². The quantitative estimate of drug-likeness (QED) is 0.746. The van der Waals surface area contributed by atoms with Gasteiger partial charge < -0.3 is 9.17 Å². The fourth-order valence-corrected chi connectivity index (χ4v) is 2.78. The van der Waals surface area contributed by atoms with Crippen molar-refractivity contribution in [3.63, 3.8) is 0 Å². The van der Waals surface area contributed by atoms with E-state index in [0.29, 0.717) is 5.75 Å². The highest BCUT2D eigenvalue weighted by molar-refractivity contribution is 7.87. The summed E-state index contributed by atoms with van der Waals surface area (Å²) >= 11 is 0. The van der Waals surface area contributed by atoms with Gasteiger partial charge in [-0.25, -0.2) is 0 Å². The van der Waals surface area contributed by atoms with Crippen molar-refractivity contribution in [1.29, 1.82) is 0 Å². The molecule has 4 nitrogen and oxygen atoms in total. The molecule has 3 rings (SSSR count). The Kier molecular flexibility index (Phi) is 2.76. The molecule has 96 valence electrons. The van der Waals surface area contributed by atoms with Crippen LogP contribution < -0.4 is 4.18 Å². The van der Waals surface area contributed by atoms with Gasteiger partial charge in [0.2, 0.25) is 0 Å². The zero-order valence-electron chi connectivity index (χ0n) is 9.91. The Morgan fingerprint density at radius 2 is 1.74 bits per heavy atom. The maximum Gasteiger partial charge on any atom is 0.339 e. The van der Waals surface area contributed by atoms with Crippen molar-refractivity contribution in [3.8, 4) is 5.75 Å². The summed E-state index contributed by atoms with van der Waals surface area (Å²) in [6.45, 7) is 0. The lowest BCUT2D eigenvalue weighted by atomic mass is 10.2. The average molecular weight is 273 g/mol. The maximum absolute atomic E-state index is 12.0. The summed E-state index contributed by atoms with van der Waals surface area (Å²) in [6, 6.07) is 15.1. The van der Waals surface area contributed by atoms with E-state index in [9.17, 15) is 8.42 Å². The zero-order chi connectivity index (χ0) is 13.3. The molecule has 3 aromatic rings. The van der Waals surface area contributed by atoms with E-state index in [-0.39, 0.29) is 4.90 Å². The van der Waals surface area contributed by atoms with Crippen LogP contribution in [0.5, 0.6) is 5.75 Å². The summed E-state index contributed by atoms with van der Waals surface area (Å²) in [4.78, 5) is 3.15. The van der Waals surface area contributed by atoms with Gasteiger partial charge in [-0.05, 0) is 35.7 Å². The second kappa shape index (κ2) is 4.44. The van der Waals surface area contributed by atoms with Gasteiger partial charge in [-0.3, -0.25) is 0 Å². The van der Waals surface area contributed by atoms with E-state index in [1.165, 1.54) is 12.1 Å². The van der Waals surface area contributed by atoms with Gasteiger partial charge in [0.15, 0.2) is 0 Å². The molecule has 5 heteroatoms. The Morgan fingerprint density at radius 3 is 2.53 bits per heavy atom. The molecule has 0 aliphatic carbocycles. The number of H-pyrrole nitrogens is 1. The van der Waals surface area contributed by atoms with Crippen molar-refractivity contribution in [2.24, 2.45) is 0 Å². The number of nitrogens with one attached hydrogen (secondary N) is 1. The van der Waals surface area contributed by atoms with Gasteiger partial charge >= 0.3 is 10.1 Å². The van der Waals surface area contributed by atoms with Crippen LogP contribution in [0.2, 0.25) is 0 Å². The second-order valence-corrected chi connectivity index (χ2v) is 5.62. The minimum Gasteiger partial charge on any atom is -0.379 e. The highest BCUT2D eigenvalue weighted by Gasteiger charge is 2.16. The van der Waals surface area contributed by atoms with Gasteiger partial charge in [0, 0.05) is 17.8 Å². The van der Waals surface area contributed by atoms with Crippen molar-refractivity contribution in [3.05, 3.63) is 60.8 Å². The molecule has 0 saturated heterocycles. The predicted octanol–water partition coefficient (Wildman–Crippen LogP) is 2.94. The summed E-state index contributed by atoms with van der Waals surface area (Å²) < 4.78 is 29.2. The average Bonchev–Trinajstić information content (AvgIpc) is 2.87. The summed E-state index contributed by atoms with van der Waals surface area (Å²) in [6.07, 6.45) is 1.79. The van der Waals surface area contributed by atoms with Crippen LogP contribution >= 0.6 is 0 Å². The van der Waals surface area contributed by atoms with E-state index in [4.69, 9.17) is 4.18 Å². The van der Waals surface area contributed by atoms with Crippen molar-refractivity contribution < 1.29 is 12.6 Å². The lowest BCUT2D eigenvalue weighted by molar-refractivity contribution is 0.486. The number of hydrogen-bond acceptors (Lipinski definition) is 3. The van der Waals surface area contributed by atoms with E-state index >= 15 is 0 Å². The number of rotatable bonds is 3. The van der Waals surface area contributed by atoms with Gasteiger partial charge in [-0.1, -0.05) is 18.2 Å². The Labute approximate surface area is 110 Å². The molecule has 0 bridgehead atoms. The summed E-state index contributed by atoms with van der Waals surface area (Å²) in [5, 5.41) is 1.00. The van der Waals surface area contributed by atoms with Crippen molar-refractivity contribution >= 4 is 21.0 Å². The number of fused-ring (bicyclic) bond motifs is 1. The standard InChI is InChI=1S/C14H11NO3S/c16-19(17,13-4-2-1-3-5-13)18-12-7-6-11-8-9-15-14(11)10-12/h1-10,15H. The minimum absolute atomic E-state index is 0.140. The first-order valence-electron chi connectivity index (χ1n) is 5.72. The lowest BCUT2D eigenvalue weighted by Crippen LogP contribution is -2.09. The van der Waals surface area contributed by atoms with Crippen molar-refractivity contribution in [2.45, 2.75) is 4.90 Å². The van der Waals surface area contributed by atoms with Gasteiger partial charge in [0.05, 0.1) is 0 Å². The van der Waals surface area contributed by atoms with Crippen LogP contribution in [0.4, 0.5) is 0 Å². The van der Waals surface area contributed by atoms with E-state index in [1.54, 1.807) is 36.5 Å². The van der Waals surface area contributed by atoms with E-state index in [2.05, 4.69) is 4.98 Å². The topological polar surface area (TPSA) is 59.2 Å². The largest absolute Gasteiger partial charge is 0.379 e.